The van der Waals surface area contributed by atoms with E-state index in [-0.39, 0.29) is 6.61 Å². The van der Waals surface area contributed by atoms with Gasteiger partial charge in [-0.15, -0.1) is 12.8 Å². The second kappa shape index (κ2) is 17.2. The second-order valence-electron chi connectivity index (χ2n) is 3.48. The third kappa shape index (κ3) is 13.8. The molecule has 0 aromatic heterocycles. The molecule has 0 spiro atoms. The summed E-state index contributed by atoms with van der Waals surface area (Å²) in [7, 11) is 0. The van der Waals surface area contributed by atoms with Crippen LogP contribution >= 0.6 is 11.8 Å². The van der Waals surface area contributed by atoms with Crippen molar-refractivity contribution in [2.24, 2.45) is 0 Å². The molecule has 0 amide bonds. The van der Waals surface area contributed by atoms with Crippen LogP contribution in [0.15, 0.2) is 0 Å². The Labute approximate surface area is 106 Å². The number of terminal acetylenes is 1. The number of aliphatic hydroxyl groups is 1. The van der Waals surface area contributed by atoms with Crippen molar-refractivity contribution in [3.8, 4) is 12.8 Å². The van der Waals surface area contributed by atoms with E-state index in [4.69, 9.17) is 5.11 Å². The third-order valence-electron chi connectivity index (χ3n) is 2.18. The molecule has 1 rings (SSSR count). The number of nitrogens with zero attached hydrogens (tertiary/aromatic N) is 1. The van der Waals surface area contributed by atoms with Crippen LogP contribution in [0.25, 0.3) is 0 Å². The molecule has 0 atom stereocenters. The second-order valence-corrected chi connectivity index (χ2v) is 4.70. The minimum absolute atomic E-state index is 0.250. The van der Waals surface area contributed by atoms with Crippen molar-refractivity contribution in [2.45, 2.75) is 33.1 Å². The van der Waals surface area contributed by atoms with Crippen molar-refractivity contribution in [3.63, 3.8) is 0 Å². The fraction of sp³-hybridized carbons (Fsp3) is 0.846. The van der Waals surface area contributed by atoms with Gasteiger partial charge in [0.05, 0.1) is 0 Å². The Bertz CT molecular complexity index is 133. The Kier molecular flexibility index (Phi) is 19.6. The highest BCUT2D eigenvalue weighted by atomic mass is 32.2. The van der Waals surface area contributed by atoms with Gasteiger partial charge in [-0.05, 0) is 19.9 Å². The molecule has 1 aliphatic rings. The predicted molar refractivity (Wildman–Crippen MR) is 75.9 cm³/mol. The first-order chi connectivity index (χ1) is 7.85. The smallest absolute Gasteiger partial charge is 0.0402 e. The Balaban J connectivity index is 0. The molecule has 1 heterocycles. The molecule has 3 heteroatoms. The van der Waals surface area contributed by atoms with Gasteiger partial charge in [-0.25, -0.2) is 0 Å². The van der Waals surface area contributed by atoms with Crippen LogP contribution in [-0.4, -0.2) is 47.8 Å². The first-order valence-corrected chi connectivity index (χ1v) is 7.24. The maximum Gasteiger partial charge on any atom is 0.0402 e. The van der Waals surface area contributed by atoms with Crippen molar-refractivity contribution in [2.75, 3.05) is 37.7 Å². The minimum atomic E-state index is 0.250. The zero-order valence-corrected chi connectivity index (χ0v) is 11.6. The molecule has 0 bridgehead atoms. The molecule has 0 aromatic carbocycles. The van der Waals surface area contributed by atoms with E-state index in [0.29, 0.717) is 0 Å². The number of rotatable bonds is 4. The largest absolute Gasteiger partial charge is 0.397 e. The summed E-state index contributed by atoms with van der Waals surface area (Å²) in [5.74, 6) is 2.71. The highest BCUT2D eigenvalue weighted by Gasteiger charge is 2.08. The van der Waals surface area contributed by atoms with Gasteiger partial charge in [-0.2, -0.15) is 11.8 Å². The topological polar surface area (TPSA) is 23.5 Å². The number of unbranched alkanes of at least 4 members (excludes halogenated alkanes) is 2. The normalized spacial score (nSPS) is 15.3. The molecular weight excluding hydrogens is 218 g/mol. The molecular formula is C13H27NOS. The van der Waals surface area contributed by atoms with Crippen molar-refractivity contribution < 1.29 is 5.11 Å². The molecule has 1 saturated heterocycles. The lowest BCUT2D eigenvalue weighted by molar-refractivity contribution is 0.295. The highest BCUT2D eigenvalue weighted by molar-refractivity contribution is 7.99. The highest BCUT2D eigenvalue weighted by Crippen LogP contribution is 2.09. The first kappa shape index (κ1) is 18.2. The van der Waals surface area contributed by atoms with Gasteiger partial charge in [0.25, 0.3) is 0 Å². The molecule has 16 heavy (non-hydrogen) atoms. The van der Waals surface area contributed by atoms with E-state index in [1.807, 2.05) is 0 Å². The summed E-state index contributed by atoms with van der Waals surface area (Å²) in [5, 5.41) is 7.57. The van der Waals surface area contributed by atoms with E-state index in [0.717, 1.165) is 0 Å². The molecule has 1 N–H and O–H groups in total. The fourth-order valence-electron chi connectivity index (χ4n) is 1.41. The van der Waals surface area contributed by atoms with Crippen LogP contribution in [0.2, 0.25) is 0 Å². The summed E-state index contributed by atoms with van der Waals surface area (Å²) in [6.07, 6.45) is 12.2. The maximum absolute atomic E-state index is 7.57. The molecule has 2 nitrogen and oxygen atoms in total. The minimum Gasteiger partial charge on any atom is -0.397 e. The van der Waals surface area contributed by atoms with E-state index in [1.165, 1.54) is 50.4 Å². The average molecular weight is 245 g/mol. The summed E-state index contributed by atoms with van der Waals surface area (Å²) in [6, 6.07) is 0. The van der Waals surface area contributed by atoms with Crippen LogP contribution in [0.4, 0.5) is 0 Å². The molecule has 1 aliphatic heterocycles. The van der Waals surface area contributed by atoms with Crippen LogP contribution in [0.1, 0.15) is 33.1 Å². The van der Waals surface area contributed by atoms with Crippen molar-refractivity contribution in [1.29, 1.82) is 0 Å². The van der Waals surface area contributed by atoms with E-state index in [2.05, 4.69) is 36.4 Å². The van der Waals surface area contributed by atoms with Gasteiger partial charge >= 0.3 is 0 Å². The first-order valence-electron chi connectivity index (χ1n) is 6.09. The Morgan fingerprint density at radius 3 is 2.06 bits per heavy atom. The van der Waals surface area contributed by atoms with Crippen molar-refractivity contribution >= 4 is 11.8 Å². The average Bonchev–Trinajstić information content (AvgIpc) is 2.34. The Hall–Kier alpha value is -0.170. The van der Waals surface area contributed by atoms with Crippen LogP contribution < -0.4 is 0 Å². The number of aliphatic hydroxyl groups excluding tert-OH is 1. The lowest BCUT2D eigenvalue weighted by Gasteiger charge is -2.25. The summed E-state index contributed by atoms with van der Waals surface area (Å²) < 4.78 is 0. The van der Waals surface area contributed by atoms with E-state index < -0.39 is 0 Å². The summed E-state index contributed by atoms with van der Waals surface area (Å²) >= 11 is 2.10. The fourth-order valence-corrected chi connectivity index (χ4v) is 2.39. The zero-order chi connectivity index (χ0) is 12.6. The van der Waals surface area contributed by atoms with Gasteiger partial charge in [0, 0.05) is 31.2 Å². The van der Waals surface area contributed by atoms with Gasteiger partial charge in [0.2, 0.25) is 0 Å². The van der Waals surface area contributed by atoms with Crippen molar-refractivity contribution in [3.05, 3.63) is 0 Å². The van der Waals surface area contributed by atoms with Crippen LogP contribution in [0.3, 0.4) is 0 Å². The quantitative estimate of drug-likeness (QED) is 0.608. The Morgan fingerprint density at radius 1 is 1.12 bits per heavy atom. The standard InChI is InChI=1S/C9H19NS.C2H6O.C2H2/c1-2-3-4-5-10-6-8-11-9-7-10;1-2-3;1-2/h2-9H2,1H3;3H,2H2,1H3;1-2H. The molecule has 0 saturated carbocycles. The third-order valence-corrected chi connectivity index (χ3v) is 3.12. The van der Waals surface area contributed by atoms with Crippen molar-refractivity contribution in [1.82, 2.24) is 4.90 Å². The molecule has 0 aromatic rings. The van der Waals surface area contributed by atoms with E-state index in [9.17, 15) is 0 Å². The monoisotopic (exact) mass is 245 g/mol. The molecule has 96 valence electrons. The van der Waals surface area contributed by atoms with Gasteiger partial charge in [-0.1, -0.05) is 19.8 Å². The SMILES string of the molecule is C#C.CCCCCN1CCSCC1.CCO. The summed E-state index contributed by atoms with van der Waals surface area (Å²) in [6.45, 7) is 8.20. The molecule has 0 aliphatic carbocycles. The zero-order valence-electron chi connectivity index (χ0n) is 10.8. The van der Waals surface area contributed by atoms with E-state index >= 15 is 0 Å². The van der Waals surface area contributed by atoms with Crippen LogP contribution in [0.5, 0.6) is 0 Å². The Morgan fingerprint density at radius 2 is 1.62 bits per heavy atom. The molecule has 0 radical (unpaired) electrons. The lowest BCUT2D eigenvalue weighted by Crippen LogP contribution is -2.33. The predicted octanol–water partition coefficient (Wildman–Crippen LogP) is 2.47. The van der Waals surface area contributed by atoms with Gasteiger partial charge in [0.1, 0.15) is 0 Å². The van der Waals surface area contributed by atoms with E-state index in [1.54, 1.807) is 6.92 Å². The lowest BCUT2D eigenvalue weighted by atomic mass is 10.2. The number of hydrogen-bond acceptors (Lipinski definition) is 3. The van der Waals surface area contributed by atoms with Gasteiger partial charge in [-0.3, -0.25) is 0 Å². The van der Waals surface area contributed by atoms with Gasteiger partial charge < -0.3 is 10.0 Å². The molecule has 1 fully saturated rings. The number of hydrogen-bond donors (Lipinski definition) is 1. The number of thioether (sulfide) groups is 1. The summed E-state index contributed by atoms with van der Waals surface area (Å²) in [5.41, 5.74) is 0. The van der Waals surface area contributed by atoms with Crippen LogP contribution in [0, 0.1) is 12.8 Å². The van der Waals surface area contributed by atoms with Crippen LogP contribution in [-0.2, 0) is 0 Å². The molecule has 0 unspecified atom stereocenters. The maximum atomic E-state index is 7.57. The summed E-state index contributed by atoms with van der Waals surface area (Å²) in [4.78, 5) is 2.60. The van der Waals surface area contributed by atoms with Gasteiger partial charge in [0.15, 0.2) is 0 Å².